The van der Waals surface area contributed by atoms with Crippen LogP contribution in [0.3, 0.4) is 0 Å². The van der Waals surface area contributed by atoms with E-state index in [1.807, 2.05) is 31.3 Å². The summed E-state index contributed by atoms with van der Waals surface area (Å²) in [7, 11) is 2.04. The van der Waals surface area contributed by atoms with Crippen LogP contribution in [0.2, 0.25) is 0 Å². The number of nitrogens with zero attached hydrogens (tertiary/aromatic N) is 2. The molecular weight excluding hydrogens is 248 g/mol. The van der Waals surface area contributed by atoms with Crippen LogP contribution in [0.1, 0.15) is 21.6 Å². The Bertz CT molecular complexity index is 639. The summed E-state index contributed by atoms with van der Waals surface area (Å²) in [5, 5.41) is 0.465. The third-order valence-electron chi connectivity index (χ3n) is 3.43. The maximum absolute atomic E-state index is 11.8. The van der Waals surface area contributed by atoms with Gasteiger partial charge in [0.1, 0.15) is 0 Å². The van der Waals surface area contributed by atoms with Gasteiger partial charge >= 0.3 is 0 Å². The monoisotopic (exact) mass is 260 g/mol. The minimum absolute atomic E-state index is 0.389. The first-order valence-corrected chi connectivity index (χ1v) is 6.33. The topological polar surface area (TPSA) is 33.2 Å². The van der Waals surface area contributed by atoms with Crippen molar-refractivity contribution in [3.8, 4) is 0 Å². The number of hydrogen-bond donors (Lipinski definition) is 0. The molecule has 0 atom stereocenters. The highest BCUT2D eigenvalue weighted by Crippen LogP contribution is 2.28. The molecular formula is C14H13ClN2O. The number of halogens is 1. The molecule has 0 N–H and O–H groups in total. The highest BCUT2D eigenvalue weighted by Gasteiger charge is 2.23. The van der Waals surface area contributed by atoms with Crippen molar-refractivity contribution >= 4 is 27.7 Å². The Hall–Kier alpha value is -1.45. The summed E-state index contributed by atoms with van der Waals surface area (Å²) in [6.45, 7) is 1.70. The number of pyridine rings is 1. The van der Waals surface area contributed by atoms with Gasteiger partial charge in [-0.05, 0) is 24.7 Å². The largest absolute Gasteiger partial charge is 0.302 e. The summed E-state index contributed by atoms with van der Waals surface area (Å²) in [5.41, 5.74) is 3.48. The van der Waals surface area contributed by atoms with Gasteiger partial charge in [0.15, 0.2) is 0 Å². The zero-order valence-corrected chi connectivity index (χ0v) is 10.9. The Balaban J connectivity index is 2.36. The van der Waals surface area contributed by atoms with E-state index in [9.17, 15) is 4.79 Å². The van der Waals surface area contributed by atoms with Gasteiger partial charge in [-0.3, -0.25) is 9.78 Å². The van der Waals surface area contributed by atoms with E-state index in [4.69, 9.17) is 11.6 Å². The number of benzene rings is 1. The third kappa shape index (κ3) is 1.80. The van der Waals surface area contributed by atoms with Crippen molar-refractivity contribution in [2.75, 3.05) is 13.6 Å². The number of para-hydroxylation sites is 1. The number of carbonyl (C=O) groups is 1. The van der Waals surface area contributed by atoms with E-state index in [2.05, 4.69) is 9.88 Å². The minimum Gasteiger partial charge on any atom is -0.302 e. The smallest absolute Gasteiger partial charge is 0.253 e. The Morgan fingerprint density at radius 3 is 2.94 bits per heavy atom. The lowest BCUT2D eigenvalue weighted by molar-refractivity contribution is 0.108. The maximum Gasteiger partial charge on any atom is 0.253 e. The normalized spacial score (nSPS) is 15.7. The van der Waals surface area contributed by atoms with E-state index < -0.39 is 0 Å². The SMILES string of the molecule is CN1CCc2nc3ccccc3c(C(=O)Cl)c2C1. The maximum atomic E-state index is 11.8. The molecule has 4 heteroatoms. The van der Waals surface area contributed by atoms with Crippen LogP contribution in [-0.4, -0.2) is 28.7 Å². The number of aromatic nitrogens is 1. The first-order chi connectivity index (χ1) is 8.66. The average Bonchev–Trinajstić information content (AvgIpc) is 2.35. The van der Waals surface area contributed by atoms with E-state index in [-0.39, 0.29) is 5.24 Å². The van der Waals surface area contributed by atoms with Crippen molar-refractivity contribution in [2.24, 2.45) is 0 Å². The van der Waals surface area contributed by atoms with Crippen LogP contribution in [0.15, 0.2) is 24.3 Å². The molecule has 0 saturated carbocycles. The molecule has 2 heterocycles. The second-order valence-electron chi connectivity index (χ2n) is 4.69. The van der Waals surface area contributed by atoms with Gasteiger partial charge in [0.2, 0.25) is 0 Å². The molecule has 92 valence electrons. The molecule has 2 aromatic rings. The summed E-state index contributed by atoms with van der Waals surface area (Å²) in [6, 6.07) is 7.68. The van der Waals surface area contributed by atoms with E-state index in [0.29, 0.717) is 5.56 Å². The lowest BCUT2D eigenvalue weighted by Crippen LogP contribution is -2.28. The van der Waals surface area contributed by atoms with E-state index in [1.54, 1.807) is 0 Å². The molecule has 3 rings (SSSR count). The summed E-state index contributed by atoms with van der Waals surface area (Å²) in [4.78, 5) is 18.6. The summed E-state index contributed by atoms with van der Waals surface area (Å²) < 4.78 is 0. The molecule has 0 bridgehead atoms. The predicted molar refractivity (Wildman–Crippen MR) is 72.0 cm³/mol. The van der Waals surface area contributed by atoms with Crippen molar-refractivity contribution in [3.05, 3.63) is 41.1 Å². The second-order valence-corrected chi connectivity index (χ2v) is 5.03. The van der Waals surface area contributed by atoms with E-state index in [0.717, 1.165) is 41.7 Å². The molecule has 1 aromatic carbocycles. The molecule has 1 aromatic heterocycles. The molecule has 0 radical (unpaired) electrons. The highest BCUT2D eigenvalue weighted by atomic mass is 35.5. The minimum atomic E-state index is -0.389. The first-order valence-electron chi connectivity index (χ1n) is 5.95. The van der Waals surface area contributed by atoms with Gasteiger partial charge in [-0.25, -0.2) is 0 Å². The molecule has 18 heavy (non-hydrogen) atoms. The molecule has 1 aliphatic heterocycles. The van der Waals surface area contributed by atoms with Crippen LogP contribution in [0.25, 0.3) is 10.9 Å². The summed E-state index contributed by atoms with van der Waals surface area (Å²) >= 11 is 5.78. The molecule has 1 aliphatic rings. The number of hydrogen-bond acceptors (Lipinski definition) is 3. The standard InChI is InChI=1S/C14H13ClN2O/c1-17-7-6-12-10(8-17)13(14(15)18)9-4-2-3-5-11(9)16-12/h2-5H,6-8H2,1H3. The van der Waals surface area contributed by atoms with Gasteiger partial charge in [-0.2, -0.15) is 0 Å². The summed E-state index contributed by atoms with van der Waals surface area (Å²) in [6.07, 6.45) is 0.869. The van der Waals surface area contributed by atoms with E-state index in [1.165, 1.54) is 0 Å². The molecule has 0 saturated heterocycles. The zero-order valence-electron chi connectivity index (χ0n) is 10.1. The van der Waals surface area contributed by atoms with Gasteiger partial charge in [-0.15, -0.1) is 0 Å². The van der Waals surface area contributed by atoms with Crippen LogP contribution in [0.4, 0.5) is 0 Å². The fraction of sp³-hybridized carbons (Fsp3) is 0.286. The molecule has 0 unspecified atom stereocenters. The molecule has 0 spiro atoms. The molecule has 0 aliphatic carbocycles. The van der Waals surface area contributed by atoms with Crippen molar-refractivity contribution in [1.82, 2.24) is 9.88 Å². The summed E-state index contributed by atoms with van der Waals surface area (Å²) in [5.74, 6) is 0. The van der Waals surface area contributed by atoms with E-state index >= 15 is 0 Å². The zero-order chi connectivity index (χ0) is 12.7. The fourth-order valence-corrected chi connectivity index (χ4v) is 2.77. The Morgan fingerprint density at radius 2 is 2.17 bits per heavy atom. The first kappa shape index (κ1) is 11.6. The quantitative estimate of drug-likeness (QED) is 0.739. The number of likely N-dealkylation sites (N-methyl/N-ethyl adjacent to an activating group) is 1. The van der Waals surface area contributed by atoms with Crippen molar-refractivity contribution in [1.29, 1.82) is 0 Å². The van der Waals surface area contributed by atoms with Gasteiger partial charge in [0.25, 0.3) is 5.24 Å². The highest BCUT2D eigenvalue weighted by molar-refractivity contribution is 6.68. The van der Waals surface area contributed by atoms with Crippen LogP contribution in [0, 0.1) is 0 Å². The van der Waals surface area contributed by atoms with Gasteiger partial charge in [0, 0.05) is 41.7 Å². The van der Waals surface area contributed by atoms with Crippen molar-refractivity contribution in [2.45, 2.75) is 13.0 Å². The number of carbonyl (C=O) groups excluding carboxylic acids is 1. The third-order valence-corrected chi connectivity index (χ3v) is 3.62. The lowest BCUT2D eigenvalue weighted by atomic mass is 9.97. The van der Waals surface area contributed by atoms with Gasteiger partial charge < -0.3 is 4.90 Å². The van der Waals surface area contributed by atoms with Crippen LogP contribution in [0.5, 0.6) is 0 Å². The van der Waals surface area contributed by atoms with Crippen LogP contribution in [-0.2, 0) is 13.0 Å². The van der Waals surface area contributed by atoms with Crippen LogP contribution >= 0.6 is 11.6 Å². The Morgan fingerprint density at radius 1 is 1.39 bits per heavy atom. The number of rotatable bonds is 1. The van der Waals surface area contributed by atoms with Crippen molar-refractivity contribution < 1.29 is 4.79 Å². The average molecular weight is 261 g/mol. The van der Waals surface area contributed by atoms with Gasteiger partial charge in [0.05, 0.1) is 5.52 Å². The predicted octanol–water partition coefficient (Wildman–Crippen LogP) is 2.60. The van der Waals surface area contributed by atoms with Crippen molar-refractivity contribution in [3.63, 3.8) is 0 Å². The molecule has 3 nitrogen and oxygen atoms in total. The Labute approximate surface area is 110 Å². The lowest BCUT2D eigenvalue weighted by Gasteiger charge is -2.26. The molecule has 0 amide bonds. The Kier molecular flexibility index (Phi) is 2.80. The van der Waals surface area contributed by atoms with Crippen LogP contribution < -0.4 is 0 Å². The van der Waals surface area contributed by atoms with Gasteiger partial charge in [-0.1, -0.05) is 18.2 Å². The second kappa shape index (κ2) is 4.34. The fourth-order valence-electron chi connectivity index (χ4n) is 2.55. The molecule has 0 fully saturated rings. The number of fused-ring (bicyclic) bond motifs is 2.